The smallest absolute Gasteiger partial charge is 0.165 e. The molecule has 2 aliphatic carbocycles. The Kier molecular flexibility index (Phi) is 0.719. The van der Waals surface area contributed by atoms with Gasteiger partial charge in [-0.05, 0) is 24.7 Å². The van der Waals surface area contributed by atoms with Crippen LogP contribution < -0.4 is 0 Å². The second-order valence-electron chi connectivity index (χ2n) is 3.38. The third-order valence-corrected chi connectivity index (χ3v) is 2.75. The fraction of sp³-hybridized carbons (Fsp3) is 0.500. The molecule has 0 unspecified atom stereocenters. The van der Waals surface area contributed by atoms with Crippen LogP contribution in [0, 0.1) is 17.2 Å². The van der Waals surface area contributed by atoms with Crippen molar-refractivity contribution in [3.8, 4) is 6.07 Å². The van der Waals surface area contributed by atoms with Crippen molar-refractivity contribution < 1.29 is 0 Å². The van der Waals surface area contributed by atoms with Crippen molar-refractivity contribution >= 4 is 0 Å². The minimum Gasteiger partial charge on any atom is -0.281 e. The van der Waals surface area contributed by atoms with Gasteiger partial charge in [0.05, 0.1) is 0 Å². The van der Waals surface area contributed by atoms with Gasteiger partial charge in [0.25, 0.3) is 0 Å². The lowest BCUT2D eigenvalue weighted by Crippen LogP contribution is -1.83. The maximum Gasteiger partial charge on any atom is 0.165 e. The minimum atomic E-state index is 0.630. The van der Waals surface area contributed by atoms with Crippen LogP contribution in [0.1, 0.15) is 29.3 Å². The predicted molar refractivity (Wildman–Crippen MR) is 37.9 cm³/mol. The zero-order valence-corrected chi connectivity index (χ0v) is 5.96. The van der Waals surface area contributed by atoms with E-state index in [9.17, 15) is 0 Å². The van der Waals surface area contributed by atoms with Crippen molar-refractivity contribution in [2.45, 2.75) is 18.8 Å². The van der Waals surface area contributed by atoms with Gasteiger partial charge in [0.15, 0.2) is 5.69 Å². The summed E-state index contributed by atoms with van der Waals surface area (Å²) in [5.74, 6) is 1.52. The molecule has 0 amide bonds. The molecule has 11 heavy (non-hydrogen) atoms. The van der Waals surface area contributed by atoms with E-state index in [-0.39, 0.29) is 0 Å². The van der Waals surface area contributed by atoms with Crippen LogP contribution in [-0.4, -0.2) is 10.2 Å². The molecular formula is C8H7N3. The van der Waals surface area contributed by atoms with Crippen LogP contribution in [-0.2, 0) is 6.42 Å². The van der Waals surface area contributed by atoms with Crippen molar-refractivity contribution in [2.75, 3.05) is 0 Å². The Morgan fingerprint density at radius 2 is 2.55 bits per heavy atom. The Labute approximate surface area is 64.0 Å². The van der Waals surface area contributed by atoms with Crippen LogP contribution >= 0.6 is 0 Å². The van der Waals surface area contributed by atoms with Gasteiger partial charge in [-0.2, -0.15) is 10.4 Å². The number of aromatic nitrogens is 2. The average molecular weight is 145 g/mol. The van der Waals surface area contributed by atoms with E-state index < -0.39 is 0 Å². The summed E-state index contributed by atoms with van der Waals surface area (Å²) in [5, 5.41) is 15.6. The van der Waals surface area contributed by atoms with Crippen molar-refractivity contribution in [1.82, 2.24) is 10.2 Å². The molecule has 1 saturated carbocycles. The number of nitrogens with zero attached hydrogens (tertiary/aromatic N) is 2. The van der Waals surface area contributed by atoms with Gasteiger partial charge in [0, 0.05) is 11.3 Å². The molecule has 2 atom stereocenters. The largest absolute Gasteiger partial charge is 0.281 e. The van der Waals surface area contributed by atoms with E-state index in [0.717, 1.165) is 12.3 Å². The number of hydrogen-bond donors (Lipinski definition) is 1. The molecule has 0 bridgehead atoms. The van der Waals surface area contributed by atoms with E-state index in [2.05, 4.69) is 16.3 Å². The molecule has 1 aromatic heterocycles. The summed E-state index contributed by atoms with van der Waals surface area (Å²) >= 11 is 0. The van der Waals surface area contributed by atoms with Crippen molar-refractivity contribution in [1.29, 1.82) is 5.26 Å². The molecule has 0 aliphatic heterocycles. The summed E-state index contributed by atoms with van der Waals surface area (Å²) in [6, 6.07) is 2.12. The van der Waals surface area contributed by atoms with Crippen LogP contribution in [0.2, 0.25) is 0 Å². The molecule has 2 aliphatic rings. The highest BCUT2D eigenvalue weighted by Crippen LogP contribution is 2.56. The third-order valence-electron chi connectivity index (χ3n) is 2.75. The Morgan fingerprint density at radius 3 is 3.36 bits per heavy atom. The van der Waals surface area contributed by atoms with Gasteiger partial charge in [-0.3, -0.25) is 5.10 Å². The molecule has 1 N–H and O–H groups in total. The van der Waals surface area contributed by atoms with E-state index in [1.807, 2.05) is 0 Å². The lowest BCUT2D eigenvalue weighted by molar-refractivity contribution is 0.814. The maximum absolute atomic E-state index is 8.69. The standard InChI is InChI=1S/C8H7N3/c9-3-7-8-5-1-4(5)2-6(8)10-11-7/h4-5H,1-2H2,(H,10,11)/t4-,5+/m1/s1. The van der Waals surface area contributed by atoms with Crippen LogP contribution in [0.15, 0.2) is 0 Å². The molecule has 3 rings (SSSR count). The van der Waals surface area contributed by atoms with Gasteiger partial charge in [-0.25, -0.2) is 0 Å². The summed E-state index contributed by atoms with van der Waals surface area (Å²) < 4.78 is 0. The quantitative estimate of drug-likeness (QED) is 0.590. The second-order valence-corrected chi connectivity index (χ2v) is 3.38. The Balaban J connectivity index is 2.24. The van der Waals surface area contributed by atoms with Crippen LogP contribution in [0.5, 0.6) is 0 Å². The fourth-order valence-corrected chi connectivity index (χ4v) is 2.12. The molecule has 0 spiro atoms. The number of nitriles is 1. The molecular weight excluding hydrogens is 138 g/mol. The first-order chi connectivity index (χ1) is 5.40. The first-order valence-corrected chi connectivity index (χ1v) is 3.87. The monoisotopic (exact) mass is 145 g/mol. The molecule has 0 radical (unpaired) electrons. The molecule has 1 fully saturated rings. The first kappa shape index (κ1) is 5.36. The van der Waals surface area contributed by atoms with Crippen molar-refractivity contribution in [3.05, 3.63) is 17.0 Å². The molecule has 0 saturated heterocycles. The number of fused-ring (bicyclic) bond motifs is 3. The van der Waals surface area contributed by atoms with Crippen molar-refractivity contribution in [2.24, 2.45) is 5.92 Å². The van der Waals surface area contributed by atoms with Crippen LogP contribution in [0.25, 0.3) is 0 Å². The Hall–Kier alpha value is -1.30. The lowest BCUT2D eigenvalue weighted by Gasteiger charge is -1.89. The van der Waals surface area contributed by atoms with Gasteiger partial charge < -0.3 is 0 Å². The van der Waals surface area contributed by atoms with Gasteiger partial charge in [-0.15, -0.1) is 0 Å². The number of aromatic amines is 1. The van der Waals surface area contributed by atoms with Gasteiger partial charge in [0.1, 0.15) is 6.07 Å². The lowest BCUT2D eigenvalue weighted by atomic mass is 10.1. The number of nitrogens with one attached hydrogen (secondary N) is 1. The van der Waals surface area contributed by atoms with E-state index in [1.54, 1.807) is 0 Å². The summed E-state index contributed by atoms with van der Waals surface area (Å²) in [5.41, 5.74) is 3.06. The molecule has 1 aromatic rings. The summed E-state index contributed by atoms with van der Waals surface area (Å²) in [7, 11) is 0. The highest BCUT2D eigenvalue weighted by molar-refractivity contribution is 5.45. The number of hydrogen-bond acceptors (Lipinski definition) is 2. The van der Waals surface area contributed by atoms with E-state index in [4.69, 9.17) is 5.26 Å². The Bertz CT molecular complexity index is 358. The van der Waals surface area contributed by atoms with Gasteiger partial charge >= 0.3 is 0 Å². The van der Waals surface area contributed by atoms with E-state index >= 15 is 0 Å². The van der Waals surface area contributed by atoms with Crippen LogP contribution in [0.3, 0.4) is 0 Å². The Morgan fingerprint density at radius 1 is 1.64 bits per heavy atom. The summed E-state index contributed by atoms with van der Waals surface area (Å²) in [6.45, 7) is 0. The maximum atomic E-state index is 8.69. The SMILES string of the molecule is N#Cc1n[nH]c2c1[C@H]1C[C@@H]1C2. The average Bonchev–Trinajstić information content (AvgIpc) is 2.53. The predicted octanol–water partition coefficient (Wildman–Crippen LogP) is 0.941. The molecule has 54 valence electrons. The minimum absolute atomic E-state index is 0.630. The van der Waals surface area contributed by atoms with Crippen molar-refractivity contribution in [3.63, 3.8) is 0 Å². The molecule has 3 heteroatoms. The number of rotatable bonds is 0. The molecule has 0 aromatic carbocycles. The highest BCUT2D eigenvalue weighted by Gasteiger charge is 2.48. The third kappa shape index (κ3) is 0.509. The van der Waals surface area contributed by atoms with E-state index in [0.29, 0.717) is 11.6 Å². The summed E-state index contributed by atoms with van der Waals surface area (Å²) in [6.07, 6.45) is 2.40. The van der Waals surface area contributed by atoms with Gasteiger partial charge in [0.2, 0.25) is 0 Å². The zero-order chi connectivity index (χ0) is 7.42. The fourth-order valence-electron chi connectivity index (χ4n) is 2.12. The normalized spacial score (nSPS) is 30.8. The highest BCUT2D eigenvalue weighted by atomic mass is 15.1. The van der Waals surface area contributed by atoms with Crippen LogP contribution in [0.4, 0.5) is 0 Å². The topological polar surface area (TPSA) is 52.5 Å². The molecule has 1 heterocycles. The zero-order valence-electron chi connectivity index (χ0n) is 5.96. The number of H-pyrrole nitrogens is 1. The van der Waals surface area contributed by atoms with E-state index in [1.165, 1.54) is 17.7 Å². The summed E-state index contributed by atoms with van der Waals surface area (Å²) in [4.78, 5) is 0. The van der Waals surface area contributed by atoms with Gasteiger partial charge in [-0.1, -0.05) is 0 Å². The second kappa shape index (κ2) is 1.48. The molecule has 3 nitrogen and oxygen atoms in total. The first-order valence-electron chi connectivity index (χ1n) is 3.87.